The molecule has 0 atom stereocenters. The number of nitrogens with zero attached hydrogens (tertiary/aromatic N) is 4. The molecule has 0 aliphatic rings. The molecule has 0 N–H and O–H groups in total. The Bertz CT molecular complexity index is 958. The van der Waals surface area contributed by atoms with E-state index in [-0.39, 0.29) is 0 Å². The van der Waals surface area contributed by atoms with Crippen molar-refractivity contribution in [3.8, 4) is 10.6 Å². The highest BCUT2D eigenvalue weighted by molar-refractivity contribution is 7.19. The molecule has 0 aliphatic heterocycles. The van der Waals surface area contributed by atoms with Gasteiger partial charge in [-0.2, -0.15) is 9.61 Å². The van der Waals surface area contributed by atoms with Crippen LogP contribution in [-0.4, -0.2) is 19.8 Å². The SMILES string of the molecule is Clc1ccc(Cc2nnc3sc(-c4ccc(Cl)cc4)nn23)cc1. The summed E-state index contributed by atoms with van der Waals surface area (Å²) in [4.78, 5) is 0.777. The van der Waals surface area contributed by atoms with Crippen LogP contribution in [0, 0.1) is 0 Å². The van der Waals surface area contributed by atoms with Crippen LogP contribution >= 0.6 is 34.5 Å². The molecule has 2 aromatic heterocycles. The Morgan fingerprint density at radius 1 is 0.870 bits per heavy atom. The third-order valence-electron chi connectivity index (χ3n) is 3.42. The number of rotatable bonds is 3. The Kier molecular flexibility index (Phi) is 3.77. The second kappa shape index (κ2) is 5.92. The van der Waals surface area contributed by atoms with Gasteiger partial charge >= 0.3 is 0 Å². The minimum atomic E-state index is 0.655. The van der Waals surface area contributed by atoms with Crippen molar-refractivity contribution in [3.05, 3.63) is 70.0 Å². The maximum Gasteiger partial charge on any atom is 0.234 e. The molecule has 0 amide bonds. The van der Waals surface area contributed by atoms with E-state index in [0.29, 0.717) is 11.4 Å². The topological polar surface area (TPSA) is 43.1 Å². The summed E-state index contributed by atoms with van der Waals surface area (Å²) in [6.07, 6.45) is 0.655. The van der Waals surface area contributed by atoms with E-state index >= 15 is 0 Å². The van der Waals surface area contributed by atoms with Crippen LogP contribution in [-0.2, 0) is 6.42 Å². The first-order valence-corrected chi connectivity index (χ1v) is 8.48. The maximum atomic E-state index is 5.93. The summed E-state index contributed by atoms with van der Waals surface area (Å²) in [6, 6.07) is 15.3. The number of hydrogen-bond acceptors (Lipinski definition) is 4. The van der Waals surface area contributed by atoms with Gasteiger partial charge in [0.1, 0.15) is 5.01 Å². The number of halogens is 2. The zero-order chi connectivity index (χ0) is 15.8. The lowest BCUT2D eigenvalue weighted by atomic mass is 10.1. The van der Waals surface area contributed by atoms with Crippen LogP contribution in [0.3, 0.4) is 0 Å². The monoisotopic (exact) mass is 360 g/mol. The van der Waals surface area contributed by atoms with E-state index in [2.05, 4.69) is 15.3 Å². The van der Waals surface area contributed by atoms with Gasteiger partial charge in [-0.15, -0.1) is 10.2 Å². The summed E-state index contributed by atoms with van der Waals surface area (Å²) in [5.41, 5.74) is 2.13. The van der Waals surface area contributed by atoms with E-state index in [0.717, 1.165) is 31.9 Å². The van der Waals surface area contributed by atoms with Crippen molar-refractivity contribution in [2.24, 2.45) is 0 Å². The number of hydrogen-bond donors (Lipinski definition) is 0. The van der Waals surface area contributed by atoms with Crippen molar-refractivity contribution >= 4 is 39.5 Å². The van der Waals surface area contributed by atoms with Crippen molar-refractivity contribution in [1.82, 2.24) is 19.8 Å². The van der Waals surface area contributed by atoms with Gasteiger partial charge in [-0.1, -0.05) is 58.8 Å². The molecular weight excluding hydrogens is 351 g/mol. The molecule has 0 radical (unpaired) electrons. The molecule has 0 aliphatic carbocycles. The van der Waals surface area contributed by atoms with E-state index in [9.17, 15) is 0 Å². The zero-order valence-electron chi connectivity index (χ0n) is 11.8. The lowest BCUT2D eigenvalue weighted by molar-refractivity contribution is 0.854. The van der Waals surface area contributed by atoms with Gasteiger partial charge in [-0.25, -0.2) is 0 Å². The Morgan fingerprint density at radius 3 is 2.22 bits per heavy atom. The predicted octanol–water partition coefficient (Wildman–Crippen LogP) is 4.75. The van der Waals surface area contributed by atoms with Crippen molar-refractivity contribution in [2.45, 2.75) is 6.42 Å². The molecular formula is C16H10Cl2N4S. The fourth-order valence-electron chi connectivity index (χ4n) is 2.26. The molecule has 0 saturated carbocycles. The normalized spacial score (nSPS) is 11.2. The van der Waals surface area contributed by atoms with E-state index in [1.807, 2.05) is 48.5 Å². The second-order valence-electron chi connectivity index (χ2n) is 5.03. The van der Waals surface area contributed by atoms with Gasteiger partial charge in [0, 0.05) is 22.0 Å². The molecule has 4 nitrogen and oxygen atoms in total. The average Bonchev–Trinajstić information content (AvgIpc) is 3.12. The van der Waals surface area contributed by atoms with Crippen LogP contribution < -0.4 is 0 Å². The molecule has 4 aromatic rings. The van der Waals surface area contributed by atoms with Gasteiger partial charge in [-0.3, -0.25) is 0 Å². The third kappa shape index (κ3) is 2.95. The summed E-state index contributed by atoms with van der Waals surface area (Å²) in [5.74, 6) is 0.804. The smallest absolute Gasteiger partial charge is 0.187 e. The molecule has 0 saturated heterocycles. The average molecular weight is 361 g/mol. The van der Waals surface area contributed by atoms with Crippen LogP contribution in [0.25, 0.3) is 15.5 Å². The van der Waals surface area contributed by atoms with E-state index < -0.39 is 0 Å². The van der Waals surface area contributed by atoms with Crippen LogP contribution in [0.5, 0.6) is 0 Å². The minimum Gasteiger partial charge on any atom is -0.187 e. The Labute approximate surface area is 146 Å². The summed E-state index contributed by atoms with van der Waals surface area (Å²) in [6.45, 7) is 0. The number of benzene rings is 2. The molecule has 2 heterocycles. The quantitative estimate of drug-likeness (QED) is 0.529. The molecule has 23 heavy (non-hydrogen) atoms. The van der Waals surface area contributed by atoms with Crippen molar-refractivity contribution in [3.63, 3.8) is 0 Å². The predicted molar refractivity (Wildman–Crippen MR) is 93.4 cm³/mol. The fourth-order valence-corrected chi connectivity index (χ4v) is 3.38. The summed E-state index contributed by atoms with van der Waals surface area (Å²) >= 11 is 13.4. The zero-order valence-corrected chi connectivity index (χ0v) is 14.1. The summed E-state index contributed by atoms with van der Waals surface area (Å²) < 4.78 is 1.79. The first kappa shape index (κ1) is 14.6. The van der Waals surface area contributed by atoms with Crippen molar-refractivity contribution in [1.29, 1.82) is 0 Å². The van der Waals surface area contributed by atoms with Gasteiger partial charge in [0.05, 0.1) is 0 Å². The molecule has 7 heteroatoms. The van der Waals surface area contributed by atoms with Gasteiger partial charge in [-0.05, 0) is 29.8 Å². The maximum absolute atomic E-state index is 5.93. The van der Waals surface area contributed by atoms with E-state index in [1.165, 1.54) is 11.3 Å². The fraction of sp³-hybridized carbons (Fsp3) is 0.0625. The molecule has 0 fully saturated rings. The summed E-state index contributed by atoms with van der Waals surface area (Å²) in [7, 11) is 0. The minimum absolute atomic E-state index is 0.655. The Hall–Kier alpha value is -1.95. The van der Waals surface area contributed by atoms with Gasteiger partial charge in [0.2, 0.25) is 4.96 Å². The van der Waals surface area contributed by atoms with E-state index in [4.69, 9.17) is 23.2 Å². The Morgan fingerprint density at radius 2 is 1.52 bits per heavy atom. The molecule has 4 rings (SSSR count). The van der Waals surface area contributed by atoms with Crippen LogP contribution in [0.15, 0.2) is 48.5 Å². The first-order chi connectivity index (χ1) is 11.2. The third-order valence-corrected chi connectivity index (χ3v) is 4.87. The van der Waals surface area contributed by atoms with Gasteiger partial charge in [0.25, 0.3) is 0 Å². The molecule has 0 spiro atoms. The highest BCUT2D eigenvalue weighted by Crippen LogP contribution is 2.27. The van der Waals surface area contributed by atoms with Crippen molar-refractivity contribution in [2.75, 3.05) is 0 Å². The first-order valence-electron chi connectivity index (χ1n) is 6.90. The van der Waals surface area contributed by atoms with Crippen LogP contribution in [0.2, 0.25) is 10.0 Å². The Balaban J connectivity index is 1.69. The van der Waals surface area contributed by atoms with Crippen LogP contribution in [0.1, 0.15) is 11.4 Å². The molecule has 114 valence electrons. The largest absolute Gasteiger partial charge is 0.234 e. The van der Waals surface area contributed by atoms with Gasteiger partial charge in [0.15, 0.2) is 5.82 Å². The lowest BCUT2D eigenvalue weighted by Crippen LogP contribution is -1.97. The highest BCUT2D eigenvalue weighted by Gasteiger charge is 2.13. The number of aromatic nitrogens is 4. The van der Waals surface area contributed by atoms with Crippen molar-refractivity contribution < 1.29 is 0 Å². The lowest BCUT2D eigenvalue weighted by Gasteiger charge is -1.99. The summed E-state index contributed by atoms with van der Waals surface area (Å²) in [5, 5.41) is 15.4. The standard InChI is InChI=1S/C16H10Cl2N4S/c17-12-5-1-10(2-6-12)9-14-19-20-16-22(14)21-15(23-16)11-3-7-13(18)8-4-11/h1-8H,9H2. The second-order valence-corrected chi connectivity index (χ2v) is 6.86. The molecule has 0 unspecified atom stereocenters. The highest BCUT2D eigenvalue weighted by atomic mass is 35.5. The van der Waals surface area contributed by atoms with E-state index in [1.54, 1.807) is 4.52 Å². The van der Waals surface area contributed by atoms with Gasteiger partial charge < -0.3 is 0 Å². The van der Waals surface area contributed by atoms with Crippen LogP contribution in [0.4, 0.5) is 0 Å². The number of fused-ring (bicyclic) bond motifs is 1. The molecule has 2 aromatic carbocycles. The molecule has 0 bridgehead atoms.